The molecule has 1 aliphatic rings. The summed E-state index contributed by atoms with van der Waals surface area (Å²) in [6, 6.07) is 10.1. The van der Waals surface area contributed by atoms with Crippen LogP contribution in [0.4, 0.5) is 0 Å². The molecule has 0 aliphatic heterocycles. The summed E-state index contributed by atoms with van der Waals surface area (Å²) in [6.07, 6.45) is 6.42. The van der Waals surface area contributed by atoms with Crippen molar-refractivity contribution in [3.63, 3.8) is 0 Å². The van der Waals surface area contributed by atoms with Crippen molar-refractivity contribution in [2.45, 2.75) is 51.2 Å². The highest BCUT2D eigenvalue weighted by Gasteiger charge is 2.14. The van der Waals surface area contributed by atoms with Crippen molar-refractivity contribution in [3.8, 4) is 0 Å². The maximum Gasteiger partial charge on any atom is 0.0897 e. The lowest BCUT2D eigenvalue weighted by molar-refractivity contribution is -0.00203. The summed E-state index contributed by atoms with van der Waals surface area (Å²) in [4.78, 5) is 0. The molecule has 2 unspecified atom stereocenters. The van der Waals surface area contributed by atoms with Crippen molar-refractivity contribution >= 4 is 0 Å². The van der Waals surface area contributed by atoms with E-state index >= 15 is 0 Å². The molecule has 0 heterocycles. The zero-order chi connectivity index (χ0) is 14.9. The molecule has 1 aliphatic carbocycles. The van der Waals surface area contributed by atoms with Crippen molar-refractivity contribution in [1.82, 2.24) is 5.32 Å². The SMILES string of the molecule is CC(OCC(O)CNCCC1CCCC1)c1ccccc1. The predicted molar refractivity (Wildman–Crippen MR) is 86.3 cm³/mol. The van der Waals surface area contributed by atoms with Crippen LogP contribution < -0.4 is 5.32 Å². The Hall–Kier alpha value is -0.900. The van der Waals surface area contributed by atoms with Crippen molar-refractivity contribution in [3.05, 3.63) is 35.9 Å². The molecule has 1 saturated carbocycles. The maximum atomic E-state index is 9.95. The van der Waals surface area contributed by atoms with Crippen molar-refractivity contribution in [2.75, 3.05) is 19.7 Å². The summed E-state index contributed by atoms with van der Waals surface area (Å²) in [5, 5.41) is 13.3. The molecule has 0 spiro atoms. The van der Waals surface area contributed by atoms with Gasteiger partial charge in [0.05, 0.1) is 18.8 Å². The van der Waals surface area contributed by atoms with Gasteiger partial charge < -0.3 is 15.2 Å². The average Bonchev–Trinajstić information content (AvgIpc) is 3.03. The number of rotatable bonds is 9. The summed E-state index contributed by atoms with van der Waals surface area (Å²) in [6.45, 7) is 4.03. The lowest BCUT2D eigenvalue weighted by Gasteiger charge is -2.17. The molecule has 3 nitrogen and oxygen atoms in total. The van der Waals surface area contributed by atoms with E-state index in [1.807, 2.05) is 25.1 Å². The molecule has 21 heavy (non-hydrogen) atoms. The molecule has 0 amide bonds. The molecule has 0 aromatic heterocycles. The Bertz CT molecular complexity index is 376. The van der Waals surface area contributed by atoms with Crippen LogP contribution >= 0.6 is 0 Å². The van der Waals surface area contributed by atoms with E-state index in [0.717, 1.165) is 18.0 Å². The summed E-state index contributed by atoms with van der Waals surface area (Å²) < 4.78 is 5.73. The standard InChI is InChI=1S/C18H29NO2/c1-15(17-9-3-2-4-10-17)21-14-18(20)13-19-12-11-16-7-5-6-8-16/h2-4,9-10,15-16,18-20H,5-8,11-14H2,1H3. The van der Waals surface area contributed by atoms with Crippen LogP contribution in [0.2, 0.25) is 0 Å². The summed E-state index contributed by atoms with van der Waals surface area (Å²) >= 11 is 0. The number of ether oxygens (including phenoxy) is 1. The fourth-order valence-electron chi connectivity index (χ4n) is 3.01. The minimum Gasteiger partial charge on any atom is -0.389 e. The first-order valence-electron chi connectivity index (χ1n) is 8.31. The second-order valence-electron chi connectivity index (χ2n) is 6.18. The summed E-state index contributed by atoms with van der Waals surface area (Å²) in [7, 11) is 0. The van der Waals surface area contributed by atoms with Crippen LogP contribution in [0.25, 0.3) is 0 Å². The quantitative estimate of drug-likeness (QED) is 0.686. The molecule has 0 bridgehead atoms. The van der Waals surface area contributed by atoms with Gasteiger partial charge in [0.1, 0.15) is 0 Å². The van der Waals surface area contributed by atoms with Gasteiger partial charge in [-0.3, -0.25) is 0 Å². The zero-order valence-corrected chi connectivity index (χ0v) is 13.1. The van der Waals surface area contributed by atoms with Gasteiger partial charge in [-0.1, -0.05) is 56.0 Å². The van der Waals surface area contributed by atoms with E-state index in [2.05, 4.69) is 17.4 Å². The van der Waals surface area contributed by atoms with Gasteiger partial charge in [-0.25, -0.2) is 0 Å². The topological polar surface area (TPSA) is 41.5 Å². The number of nitrogens with one attached hydrogen (secondary N) is 1. The van der Waals surface area contributed by atoms with Gasteiger partial charge in [-0.15, -0.1) is 0 Å². The predicted octanol–water partition coefficient (Wildman–Crippen LogP) is 3.30. The fraction of sp³-hybridized carbons (Fsp3) is 0.667. The first-order valence-corrected chi connectivity index (χ1v) is 8.31. The summed E-state index contributed by atoms with van der Waals surface area (Å²) in [5.74, 6) is 0.906. The van der Waals surface area contributed by atoms with Crippen LogP contribution in [0.15, 0.2) is 30.3 Å². The third kappa shape index (κ3) is 6.16. The highest BCUT2D eigenvalue weighted by molar-refractivity contribution is 5.16. The van der Waals surface area contributed by atoms with Crippen LogP contribution in [0.5, 0.6) is 0 Å². The lowest BCUT2D eigenvalue weighted by atomic mass is 10.0. The second-order valence-corrected chi connectivity index (χ2v) is 6.18. The monoisotopic (exact) mass is 291 g/mol. The highest BCUT2D eigenvalue weighted by atomic mass is 16.5. The van der Waals surface area contributed by atoms with Crippen LogP contribution in [-0.4, -0.2) is 30.9 Å². The molecular weight excluding hydrogens is 262 g/mol. The number of aliphatic hydroxyl groups excluding tert-OH is 1. The Balaban J connectivity index is 1.53. The molecule has 0 radical (unpaired) electrons. The first kappa shape index (κ1) is 16.5. The minimum atomic E-state index is -0.431. The van der Waals surface area contributed by atoms with Crippen molar-refractivity contribution in [2.24, 2.45) is 5.92 Å². The largest absolute Gasteiger partial charge is 0.389 e. The number of benzene rings is 1. The fourth-order valence-corrected chi connectivity index (χ4v) is 3.01. The first-order chi connectivity index (χ1) is 10.3. The van der Waals surface area contributed by atoms with Crippen LogP contribution in [0, 0.1) is 5.92 Å². The Morgan fingerprint density at radius 2 is 1.95 bits per heavy atom. The third-order valence-corrected chi connectivity index (χ3v) is 4.39. The van der Waals surface area contributed by atoms with Gasteiger partial charge in [-0.2, -0.15) is 0 Å². The molecule has 3 heteroatoms. The van der Waals surface area contributed by atoms with Crippen LogP contribution in [0.1, 0.15) is 50.7 Å². The molecule has 1 aromatic rings. The zero-order valence-electron chi connectivity index (χ0n) is 13.1. The molecule has 2 rings (SSSR count). The lowest BCUT2D eigenvalue weighted by Crippen LogP contribution is -2.31. The maximum absolute atomic E-state index is 9.95. The summed E-state index contributed by atoms with van der Waals surface area (Å²) in [5.41, 5.74) is 1.15. The van der Waals surface area contributed by atoms with Gasteiger partial charge in [0.15, 0.2) is 0 Å². The van der Waals surface area contributed by atoms with E-state index in [1.54, 1.807) is 0 Å². The van der Waals surface area contributed by atoms with Gasteiger partial charge in [-0.05, 0) is 31.4 Å². The van der Waals surface area contributed by atoms with E-state index in [4.69, 9.17) is 4.74 Å². The van der Waals surface area contributed by atoms with E-state index < -0.39 is 6.10 Å². The number of aliphatic hydroxyl groups is 1. The number of hydrogen-bond acceptors (Lipinski definition) is 3. The highest BCUT2D eigenvalue weighted by Crippen LogP contribution is 2.26. The Morgan fingerprint density at radius 1 is 1.24 bits per heavy atom. The van der Waals surface area contributed by atoms with E-state index in [0.29, 0.717) is 13.2 Å². The average molecular weight is 291 g/mol. The Kier molecular flexibility index (Phi) is 7.20. The normalized spacial score (nSPS) is 18.8. The Labute approximate surface area is 128 Å². The molecule has 1 aromatic carbocycles. The van der Waals surface area contributed by atoms with E-state index in [9.17, 15) is 5.11 Å². The van der Waals surface area contributed by atoms with Gasteiger partial charge in [0.25, 0.3) is 0 Å². The van der Waals surface area contributed by atoms with Gasteiger partial charge in [0.2, 0.25) is 0 Å². The second kappa shape index (κ2) is 9.19. The van der Waals surface area contributed by atoms with Gasteiger partial charge in [0, 0.05) is 6.54 Å². The van der Waals surface area contributed by atoms with Crippen LogP contribution in [-0.2, 0) is 4.74 Å². The number of hydrogen-bond donors (Lipinski definition) is 2. The van der Waals surface area contributed by atoms with E-state index in [-0.39, 0.29) is 6.10 Å². The van der Waals surface area contributed by atoms with Crippen molar-refractivity contribution in [1.29, 1.82) is 0 Å². The molecular formula is C18H29NO2. The minimum absolute atomic E-state index is 0.0272. The molecule has 2 N–H and O–H groups in total. The van der Waals surface area contributed by atoms with E-state index in [1.165, 1.54) is 32.1 Å². The van der Waals surface area contributed by atoms with Crippen molar-refractivity contribution < 1.29 is 9.84 Å². The third-order valence-electron chi connectivity index (χ3n) is 4.39. The molecule has 2 atom stereocenters. The smallest absolute Gasteiger partial charge is 0.0897 e. The molecule has 1 fully saturated rings. The molecule has 118 valence electrons. The Morgan fingerprint density at radius 3 is 2.67 bits per heavy atom. The van der Waals surface area contributed by atoms with Crippen LogP contribution in [0.3, 0.4) is 0 Å². The molecule has 0 saturated heterocycles. The van der Waals surface area contributed by atoms with Gasteiger partial charge >= 0.3 is 0 Å².